The van der Waals surface area contributed by atoms with Gasteiger partial charge in [0.25, 0.3) is 0 Å². The van der Waals surface area contributed by atoms with Crippen molar-refractivity contribution in [1.82, 2.24) is 10.3 Å². The van der Waals surface area contributed by atoms with Crippen molar-refractivity contribution in [1.29, 1.82) is 0 Å². The summed E-state index contributed by atoms with van der Waals surface area (Å²) < 4.78 is 14.4. The Kier molecular flexibility index (Phi) is 4.50. The number of rotatable bonds is 4. The molecule has 3 heteroatoms. The van der Waals surface area contributed by atoms with Gasteiger partial charge in [0.05, 0.1) is 11.7 Å². The van der Waals surface area contributed by atoms with Crippen LogP contribution < -0.4 is 5.32 Å². The number of hydrogen-bond acceptors (Lipinski definition) is 2. The Morgan fingerprint density at radius 2 is 1.95 bits per heavy atom. The molecular weight excluding hydrogens is 251 g/mol. The van der Waals surface area contributed by atoms with E-state index in [4.69, 9.17) is 0 Å². The Bertz CT molecular complexity index is 585. The number of aryl methyl sites for hydroxylation is 3. The van der Waals surface area contributed by atoms with E-state index in [0.717, 1.165) is 29.1 Å². The lowest BCUT2D eigenvalue weighted by Gasteiger charge is -2.21. The van der Waals surface area contributed by atoms with Gasteiger partial charge in [0, 0.05) is 11.3 Å². The third kappa shape index (κ3) is 3.05. The molecule has 1 heterocycles. The van der Waals surface area contributed by atoms with Gasteiger partial charge in [-0.25, -0.2) is 4.39 Å². The van der Waals surface area contributed by atoms with Crippen LogP contribution >= 0.6 is 0 Å². The molecule has 1 aromatic heterocycles. The Balaban J connectivity index is 2.54. The standard InChI is InChI=1S/C17H21FN2/c1-5-19-17(15-8-6-7-13(4)20-15)16-12(3)9-11(2)10-14(16)18/h6-10,17,19H,5H2,1-4H3. The van der Waals surface area contributed by atoms with Gasteiger partial charge < -0.3 is 5.32 Å². The van der Waals surface area contributed by atoms with Crippen LogP contribution in [0.5, 0.6) is 0 Å². The summed E-state index contributed by atoms with van der Waals surface area (Å²) in [6.07, 6.45) is 0. The summed E-state index contributed by atoms with van der Waals surface area (Å²) >= 11 is 0. The molecule has 106 valence electrons. The Morgan fingerprint density at radius 1 is 1.20 bits per heavy atom. The largest absolute Gasteiger partial charge is 0.305 e. The molecule has 0 amide bonds. The van der Waals surface area contributed by atoms with Crippen LogP contribution in [0, 0.1) is 26.6 Å². The second kappa shape index (κ2) is 6.14. The number of halogens is 1. The molecule has 0 fully saturated rings. The minimum absolute atomic E-state index is 0.170. The SMILES string of the molecule is CCNC(c1cccc(C)n1)c1c(C)cc(C)cc1F. The molecule has 1 atom stereocenters. The first-order valence-corrected chi connectivity index (χ1v) is 6.96. The van der Waals surface area contributed by atoms with Gasteiger partial charge in [0.2, 0.25) is 0 Å². The monoisotopic (exact) mass is 272 g/mol. The van der Waals surface area contributed by atoms with Gasteiger partial charge in [-0.05, 0) is 56.6 Å². The third-order valence-electron chi connectivity index (χ3n) is 3.38. The molecule has 1 N–H and O–H groups in total. The average Bonchev–Trinajstić information content (AvgIpc) is 2.36. The highest BCUT2D eigenvalue weighted by molar-refractivity contribution is 5.38. The first-order chi connectivity index (χ1) is 9.52. The lowest BCUT2D eigenvalue weighted by molar-refractivity contribution is 0.547. The zero-order valence-electron chi connectivity index (χ0n) is 12.5. The van der Waals surface area contributed by atoms with E-state index >= 15 is 0 Å². The maximum Gasteiger partial charge on any atom is 0.128 e. The van der Waals surface area contributed by atoms with Gasteiger partial charge in [-0.15, -0.1) is 0 Å². The van der Waals surface area contributed by atoms with Gasteiger partial charge in [-0.2, -0.15) is 0 Å². The summed E-state index contributed by atoms with van der Waals surface area (Å²) in [4.78, 5) is 4.54. The predicted molar refractivity (Wildman–Crippen MR) is 80.4 cm³/mol. The smallest absolute Gasteiger partial charge is 0.128 e. The molecule has 0 spiro atoms. The van der Waals surface area contributed by atoms with Crippen molar-refractivity contribution in [3.8, 4) is 0 Å². The van der Waals surface area contributed by atoms with Crippen LogP contribution in [0.25, 0.3) is 0 Å². The summed E-state index contributed by atoms with van der Waals surface area (Å²) in [6.45, 7) is 8.58. The van der Waals surface area contributed by atoms with Crippen molar-refractivity contribution >= 4 is 0 Å². The van der Waals surface area contributed by atoms with Gasteiger partial charge >= 0.3 is 0 Å². The van der Waals surface area contributed by atoms with Crippen molar-refractivity contribution in [3.05, 3.63) is 64.2 Å². The summed E-state index contributed by atoms with van der Waals surface area (Å²) in [7, 11) is 0. The number of nitrogens with one attached hydrogen (secondary N) is 1. The lowest BCUT2D eigenvalue weighted by Crippen LogP contribution is -2.25. The molecular formula is C17H21FN2. The maximum absolute atomic E-state index is 14.4. The molecule has 0 aliphatic carbocycles. The van der Waals surface area contributed by atoms with E-state index in [-0.39, 0.29) is 11.9 Å². The number of nitrogens with zero attached hydrogens (tertiary/aromatic N) is 1. The Labute approximate surface area is 120 Å². The first-order valence-electron chi connectivity index (χ1n) is 6.96. The van der Waals surface area contributed by atoms with Crippen molar-refractivity contribution in [2.45, 2.75) is 33.7 Å². The summed E-state index contributed by atoms with van der Waals surface area (Å²) in [5.74, 6) is -0.170. The molecule has 0 saturated heterocycles. The highest BCUT2D eigenvalue weighted by Gasteiger charge is 2.20. The quantitative estimate of drug-likeness (QED) is 0.914. The molecule has 1 unspecified atom stereocenters. The first kappa shape index (κ1) is 14.7. The second-order valence-corrected chi connectivity index (χ2v) is 5.17. The highest BCUT2D eigenvalue weighted by Crippen LogP contribution is 2.27. The van der Waals surface area contributed by atoms with Crippen molar-refractivity contribution in [2.75, 3.05) is 6.54 Å². The number of hydrogen-bond donors (Lipinski definition) is 1. The van der Waals surface area contributed by atoms with Crippen LogP contribution in [0.2, 0.25) is 0 Å². The van der Waals surface area contributed by atoms with Crippen LogP contribution in [-0.4, -0.2) is 11.5 Å². The van der Waals surface area contributed by atoms with E-state index in [1.807, 2.05) is 52.0 Å². The van der Waals surface area contributed by atoms with Crippen molar-refractivity contribution in [3.63, 3.8) is 0 Å². The van der Waals surface area contributed by atoms with Gasteiger partial charge in [-0.1, -0.05) is 19.1 Å². The van der Waals surface area contributed by atoms with Crippen LogP contribution in [0.15, 0.2) is 30.3 Å². The van der Waals surface area contributed by atoms with E-state index in [9.17, 15) is 4.39 Å². The van der Waals surface area contributed by atoms with Crippen molar-refractivity contribution in [2.24, 2.45) is 0 Å². The molecule has 0 radical (unpaired) electrons. The molecule has 2 aromatic rings. The van der Waals surface area contributed by atoms with Crippen LogP contribution in [0.1, 0.15) is 41.0 Å². The minimum Gasteiger partial charge on any atom is -0.305 e. The molecule has 0 aliphatic rings. The van der Waals surface area contributed by atoms with Crippen LogP contribution in [0.3, 0.4) is 0 Å². The Hall–Kier alpha value is -1.74. The summed E-state index contributed by atoms with van der Waals surface area (Å²) in [5, 5.41) is 3.34. The predicted octanol–water partition coefficient (Wildman–Crippen LogP) is 3.84. The molecule has 20 heavy (non-hydrogen) atoms. The summed E-state index contributed by atoms with van der Waals surface area (Å²) in [6, 6.07) is 9.24. The van der Waals surface area contributed by atoms with Crippen LogP contribution in [0.4, 0.5) is 4.39 Å². The summed E-state index contributed by atoms with van der Waals surface area (Å²) in [5.41, 5.74) is 4.39. The number of benzene rings is 1. The maximum atomic E-state index is 14.4. The van der Waals surface area contributed by atoms with Gasteiger partial charge in [0.1, 0.15) is 5.82 Å². The van der Waals surface area contributed by atoms with E-state index in [2.05, 4.69) is 10.3 Å². The van der Waals surface area contributed by atoms with Gasteiger partial charge in [0.15, 0.2) is 0 Å². The second-order valence-electron chi connectivity index (χ2n) is 5.17. The van der Waals surface area contributed by atoms with E-state index in [1.165, 1.54) is 0 Å². The zero-order chi connectivity index (χ0) is 14.7. The number of aromatic nitrogens is 1. The molecule has 2 nitrogen and oxygen atoms in total. The topological polar surface area (TPSA) is 24.9 Å². The third-order valence-corrected chi connectivity index (χ3v) is 3.38. The zero-order valence-corrected chi connectivity index (χ0v) is 12.5. The average molecular weight is 272 g/mol. The van der Waals surface area contributed by atoms with E-state index in [1.54, 1.807) is 6.07 Å². The fraction of sp³-hybridized carbons (Fsp3) is 0.353. The molecule has 2 rings (SSSR count). The van der Waals surface area contributed by atoms with E-state index < -0.39 is 0 Å². The fourth-order valence-corrected chi connectivity index (χ4v) is 2.58. The molecule has 0 saturated carbocycles. The molecule has 0 aliphatic heterocycles. The molecule has 1 aromatic carbocycles. The van der Waals surface area contributed by atoms with Gasteiger partial charge in [-0.3, -0.25) is 4.98 Å². The van der Waals surface area contributed by atoms with E-state index in [0.29, 0.717) is 5.56 Å². The normalized spacial score (nSPS) is 12.4. The minimum atomic E-state index is -0.208. The number of pyridine rings is 1. The lowest BCUT2D eigenvalue weighted by atomic mass is 9.95. The fourth-order valence-electron chi connectivity index (χ4n) is 2.58. The Morgan fingerprint density at radius 3 is 2.55 bits per heavy atom. The van der Waals surface area contributed by atoms with Crippen molar-refractivity contribution < 1.29 is 4.39 Å². The van der Waals surface area contributed by atoms with Crippen LogP contribution in [-0.2, 0) is 0 Å². The highest BCUT2D eigenvalue weighted by atomic mass is 19.1. The molecule has 0 bridgehead atoms.